The molecule has 118 valence electrons. The maximum atomic E-state index is 5.22. The minimum absolute atomic E-state index is 0.570. The van der Waals surface area contributed by atoms with Gasteiger partial charge in [0.15, 0.2) is 0 Å². The third-order valence-electron chi connectivity index (χ3n) is 3.05. The van der Waals surface area contributed by atoms with Crippen molar-refractivity contribution >= 4 is 17.5 Å². The summed E-state index contributed by atoms with van der Waals surface area (Å²) in [6.07, 6.45) is 0. The number of benzene rings is 1. The van der Waals surface area contributed by atoms with Crippen molar-refractivity contribution < 1.29 is 4.74 Å². The van der Waals surface area contributed by atoms with E-state index >= 15 is 0 Å². The van der Waals surface area contributed by atoms with Crippen molar-refractivity contribution in [3.8, 4) is 5.75 Å². The summed E-state index contributed by atoms with van der Waals surface area (Å²) >= 11 is 0. The second-order valence-corrected chi connectivity index (χ2v) is 5.31. The molecule has 0 saturated carbocycles. The van der Waals surface area contributed by atoms with Crippen molar-refractivity contribution in [1.82, 2.24) is 14.9 Å². The molecule has 0 aliphatic carbocycles. The summed E-state index contributed by atoms with van der Waals surface area (Å²) in [6.45, 7) is 3.74. The fourth-order valence-electron chi connectivity index (χ4n) is 1.95. The monoisotopic (exact) mass is 301 g/mol. The Kier molecular flexibility index (Phi) is 5.55. The number of aromatic nitrogens is 2. The summed E-state index contributed by atoms with van der Waals surface area (Å²) in [5.74, 6) is 2.18. The molecule has 6 heteroatoms. The normalized spacial score (nSPS) is 10.6. The highest BCUT2D eigenvalue weighted by atomic mass is 16.5. The third-order valence-corrected chi connectivity index (χ3v) is 3.05. The van der Waals surface area contributed by atoms with E-state index in [0.29, 0.717) is 5.95 Å². The van der Waals surface area contributed by atoms with E-state index in [4.69, 9.17) is 4.74 Å². The van der Waals surface area contributed by atoms with Gasteiger partial charge in [-0.2, -0.15) is 4.98 Å². The molecule has 2 aromatic rings. The van der Waals surface area contributed by atoms with E-state index < -0.39 is 0 Å². The zero-order chi connectivity index (χ0) is 15.9. The van der Waals surface area contributed by atoms with Gasteiger partial charge in [-0.1, -0.05) is 6.07 Å². The molecule has 0 amide bonds. The van der Waals surface area contributed by atoms with E-state index in [1.54, 1.807) is 7.11 Å². The number of methoxy groups -OCH3 is 1. The Hall–Kier alpha value is -2.34. The molecule has 0 saturated heterocycles. The predicted octanol–water partition coefficient (Wildman–Crippen LogP) is 2.51. The lowest BCUT2D eigenvalue weighted by atomic mass is 10.3. The van der Waals surface area contributed by atoms with Crippen molar-refractivity contribution in [3.05, 3.63) is 36.0 Å². The van der Waals surface area contributed by atoms with Gasteiger partial charge in [0, 0.05) is 36.6 Å². The van der Waals surface area contributed by atoms with Crippen molar-refractivity contribution in [1.29, 1.82) is 0 Å². The Morgan fingerprint density at radius 3 is 2.73 bits per heavy atom. The Morgan fingerprint density at radius 1 is 1.18 bits per heavy atom. The zero-order valence-electron chi connectivity index (χ0n) is 13.6. The van der Waals surface area contributed by atoms with Gasteiger partial charge in [0.05, 0.1) is 7.11 Å². The lowest BCUT2D eigenvalue weighted by Gasteiger charge is -2.12. The van der Waals surface area contributed by atoms with Crippen LogP contribution in [0.5, 0.6) is 5.75 Å². The maximum Gasteiger partial charge on any atom is 0.229 e. The average molecular weight is 301 g/mol. The number of ether oxygens (including phenoxy) is 1. The largest absolute Gasteiger partial charge is 0.497 e. The van der Waals surface area contributed by atoms with Gasteiger partial charge in [0.1, 0.15) is 11.6 Å². The van der Waals surface area contributed by atoms with E-state index in [9.17, 15) is 0 Å². The van der Waals surface area contributed by atoms with Crippen LogP contribution >= 0.6 is 0 Å². The molecule has 0 unspecified atom stereocenters. The van der Waals surface area contributed by atoms with Crippen molar-refractivity contribution in [3.63, 3.8) is 0 Å². The molecule has 0 atom stereocenters. The molecule has 0 aliphatic rings. The van der Waals surface area contributed by atoms with Crippen LogP contribution in [0.4, 0.5) is 17.5 Å². The molecular weight excluding hydrogens is 278 g/mol. The highest BCUT2D eigenvalue weighted by Crippen LogP contribution is 2.20. The van der Waals surface area contributed by atoms with Gasteiger partial charge < -0.3 is 20.3 Å². The second-order valence-electron chi connectivity index (χ2n) is 5.31. The van der Waals surface area contributed by atoms with E-state index in [-0.39, 0.29) is 0 Å². The standard InChI is InChI=1S/C16H23N5O/c1-12-10-15(17-8-9-21(2)3)20-16(18-12)19-13-6-5-7-14(11-13)22-4/h5-7,10-11H,8-9H2,1-4H3,(H2,17,18,19,20). The molecule has 0 fully saturated rings. The van der Waals surface area contributed by atoms with Gasteiger partial charge in [0.25, 0.3) is 0 Å². The van der Waals surface area contributed by atoms with E-state index in [1.165, 1.54) is 0 Å². The number of nitrogens with one attached hydrogen (secondary N) is 2. The fourth-order valence-corrected chi connectivity index (χ4v) is 1.95. The number of hydrogen-bond donors (Lipinski definition) is 2. The van der Waals surface area contributed by atoms with Crippen LogP contribution in [0.2, 0.25) is 0 Å². The molecule has 1 heterocycles. The average Bonchev–Trinajstić information content (AvgIpc) is 2.46. The molecule has 0 bridgehead atoms. The van der Waals surface area contributed by atoms with Gasteiger partial charge in [-0.05, 0) is 33.2 Å². The van der Waals surface area contributed by atoms with Gasteiger partial charge in [-0.25, -0.2) is 4.98 Å². The topological polar surface area (TPSA) is 62.3 Å². The summed E-state index contributed by atoms with van der Waals surface area (Å²) in [6, 6.07) is 9.62. The van der Waals surface area contributed by atoms with Crippen LogP contribution in [-0.4, -0.2) is 49.2 Å². The molecule has 2 rings (SSSR count). The molecule has 6 nitrogen and oxygen atoms in total. The molecule has 2 N–H and O–H groups in total. The number of likely N-dealkylation sites (N-methyl/N-ethyl adjacent to an activating group) is 1. The first-order valence-corrected chi connectivity index (χ1v) is 7.22. The molecule has 0 spiro atoms. The van der Waals surface area contributed by atoms with Crippen LogP contribution < -0.4 is 15.4 Å². The zero-order valence-corrected chi connectivity index (χ0v) is 13.6. The van der Waals surface area contributed by atoms with Crippen LogP contribution in [0, 0.1) is 6.92 Å². The van der Waals surface area contributed by atoms with Crippen molar-refractivity contribution in [2.45, 2.75) is 6.92 Å². The molecule has 22 heavy (non-hydrogen) atoms. The first-order chi connectivity index (χ1) is 10.6. The fraction of sp³-hybridized carbons (Fsp3) is 0.375. The first-order valence-electron chi connectivity index (χ1n) is 7.22. The van der Waals surface area contributed by atoms with Gasteiger partial charge in [0.2, 0.25) is 5.95 Å². The van der Waals surface area contributed by atoms with E-state index in [0.717, 1.165) is 36.0 Å². The Bertz CT molecular complexity index is 615. The minimum Gasteiger partial charge on any atom is -0.497 e. The minimum atomic E-state index is 0.570. The van der Waals surface area contributed by atoms with Crippen molar-refractivity contribution in [2.24, 2.45) is 0 Å². The highest BCUT2D eigenvalue weighted by Gasteiger charge is 2.04. The Balaban J connectivity index is 2.08. The van der Waals surface area contributed by atoms with Gasteiger partial charge >= 0.3 is 0 Å². The smallest absolute Gasteiger partial charge is 0.229 e. The van der Waals surface area contributed by atoms with Crippen LogP contribution in [0.3, 0.4) is 0 Å². The summed E-state index contributed by atoms with van der Waals surface area (Å²) in [4.78, 5) is 11.0. The lowest BCUT2D eigenvalue weighted by Crippen LogP contribution is -2.21. The highest BCUT2D eigenvalue weighted by molar-refractivity contribution is 5.57. The number of nitrogens with zero attached hydrogens (tertiary/aromatic N) is 3. The first kappa shape index (κ1) is 16.0. The number of aryl methyl sites for hydroxylation is 1. The van der Waals surface area contributed by atoms with Gasteiger partial charge in [-0.3, -0.25) is 0 Å². The predicted molar refractivity (Wildman–Crippen MR) is 90.1 cm³/mol. The molecular formula is C16H23N5O. The number of anilines is 3. The van der Waals surface area contributed by atoms with Crippen LogP contribution in [-0.2, 0) is 0 Å². The van der Waals surface area contributed by atoms with Gasteiger partial charge in [-0.15, -0.1) is 0 Å². The second kappa shape index (κ2) is 7.61. The van der Waals surface area contributed by atoms with E-state index in [1.807, 2.05) is 51.4 Å². The molecule has 1 aromatic heterocycles. The Morgan fingerprint density at radius 2 is 2.00 bits per heavy atom. The number of hydrogen-bond acceptors (Lipinski definition) is 6. The van der Waals surface area contributed by atoms with Crippen LogP contribution in [0.25, 0.3) is 0 Å². The molecule has 1 aromatic carbocycles. The van der Waals surface area contributed by atoms with Crippen molar-refractivity contribution in [2.75, 3.05) is 44.9 Å². The lowest BCUT2D eigenvalue weighted by molar-refractivity contribution is 0.415. The Labute approximate surface area is 131 Å². The number of rotatable bonds is 7. The SMILES string of the molecule is COc1cccc(Nc2nc(C)cc(NCCN(C)C)n2)c1. The molecule has 0 radical (unpaired) electrons. The molecule has 0 aliphatic heterocycles. The summed E-state index contributed by atoms with van der Waals surface area (Å²) in [7, 11) is 5.74. The summed E-state index contributed by atoms with van der Waals surface area (Å²) < 4.78 is 5.22. The summed E-state index contributed by atoms with van der Waals surface area (Å²) in [5, 5.41) is 6.51. The summed E-state index contributed by atoms with van der Waals surface area (Å²) in [5.41, 5.74) is 1.80. The van der Waals surface area contributed by atoms with Crippen LogP contribution in [0.1, 0.15) is 5.69 Å². The van der Waals surface area contributed by atoms with Crippen LogP contribution in [0.15, 0.2) is 30.3 Å². The quantitative estimate of drug-likeness (QED) is 0.819. The van der Waals surface area contributed by atoms with E-state index in [2.05, 4.69) is 25.5 Å². The third kappa shape index (κ3) is 4.89. The maximum absolute atomic E-state index is 5.22.